The summed E-state index contributed by atoms with van der Waals surface area (Å²) >= 11 is 6.07. The van der Waals surface area contributed by atoms with Crippen LogP contribution in [0.1, 0.15) is 17.4 Å². The largest absolute Gasteiger partial charge is 0.463 e. The summed E-state index contributed by atoms with van der Waals surface area (Å²) in [7, 11) is 0. The third-order valence-electron chi connectivity index (χ3n) is 3.70. The first-order chi connectivity index (χ1) is 11.7. The lowest BCUT2D eigenvalue weighted by molar-refractivity contribution is -0.678. The molecule has 3 rings (SSSR count). The highest BCUT2D eigenvalue weighted by Crippen LogP contribution is 2.20. The third kappa shape index (κ3) is 4.04. The molecule has 0 radical (unpaired) electrons. The lowest BCUT2D eigenvalue weighted by atomic mass is 10.0. The second kappa shape index (κ2) is 7.81. The maximum atomic E-state index is 12.2. The minimum absolute atomic E-state index is 0.0711. The number of nitrogens with two attached hydrogens (primary N) is 1. The molecule has 0 spiro atoms. The van der Waals surface area contributed by atoms with Gasteiger partial charge in [-0.25, -0.2) is 0 Å². The van der Waals surface area contributed by atoms with E-state index in [0.717, 1.165) is 11.3 Å². The highest BCUT2D eigenvalue weighted by Gasteiger charge is 2.21. The fourth-order valence-electron chi connectivity index (χ4n) is 2.53. The predicted molar refractivity (Wildman–Crippen MR) is 93.9 cm³/mol. The summed E-state index contributed by atoms with van der Waals surface area (Å²) in [6.45, 7) is 0.255. The predicted octanol–water partition coefficient (Wildman–Crippen LogP) is 3.22. The smallest absolute Gasteiger partial charge is 0.279 e. The van der Waals surface area contributed by atoms with E-state index in [0.29, 0.717) is 10.7 Å². The van der Waals surface area contributed by atoms with Crippen LogP contribution in [0.4, 0.5) is 5.69 Å². The highest BCUT2D eigenvalue weighted by molar-refractivity contribution is 6.33. The molecule has 0 aliphatic heterocycles. The van der Waals surface area contributed by atoms with Crippen molar-refractivity contribution < 1.29 is 14.5 Å². The molecule has 3 N–H and O–H groups in total. The van der Waals surface area contributed by atoms with Gasteiger partial charge in [0.1, 0.15) is 0 Å². The Balaban J connectivity index is 1.68. The molecule has 122 valence electrons. The van der Waals surface area contributed by atoms with E-state index in [4.69, 9.17) is 16.0 Å². The Bertz CT molecular complexity index is 788. The fourth-order valence-corrected chi connectivity index (χ4v) is 2.72. The summed E-state index contributed by atoms with van der Waals surface area (Å²) < 4.78 is 5.54. The zero-order valence-electron chi connectivity index (χ0n) is 13.0. The van der Waals surface area contributed by atoms with Crippen LogP contribution in [0.5, 0.6) is 0 Å². The lowest BCUT2D eigenvalue weighted by Crippen LogP contribution is -2.87. The van der Waals surface area contributed by atoms with Gasteiger partial charge in [0, 0.05) is 5.56 Å². The van der Waals surface area contributed by atoms with Crippen molar-refractivity contribution in [2.24, 2.45) is 0 Å². The van der Waals surface area contributed by atoms with Crippen LogP contribution in [0.3, 0.4) is 0 Å². The zero-order chi connectivity index (χ0) is 16.8. The Morgan fingerprint density at radius 3 is 2.50 bits per heavy atom. The first-order valence-corrected chi connectivity index (χ1v) is 8.08. The lowest BCUT2D eigenvalue weighted by Gasteiger charge is -2.14. The Hall–Kier alpha value is -2.56. The highest BCUT2D eigenvalue weighted by atomic mass is 35.5. The molecule has 0 fully saturated rings. The maximum absolute atomic E-state index is 12.2. The van der Waals surface area contributed by atoms with Gasteiger partial charge in [0.2, 0.25) is 0 Å². The van der Waals surface area contributed by atoms with E-state index in [1.807, 2.05) is 59.9 Å². The van der Waals surface area contributed by atoms with Crippen LogP contribution in [0.2, 0.25) is 5.02 Å². The maximum Gasteiger partial charge on any atom is 0.279 e. The van der Waals surface area contributed by atoms with Crippen LogP contribution in [0.25, 0.3) is 0 Å². The van der Waals surface area contributed by atoms with E-state index >= 15 is 0 Å². The molecule has 2 aromatic carbocycles. The standard InChI is InChI=1S/C19H17ClN2O2/c20-15-9-4-5-10-16(15)22-18(23)13-21-19(17-11-6-12-24-17)14-7-2-1-3-8-14/h1-12,19,21H,13H2,(H,22,23)/p+1/t19-/m1/s1. The molecular formula is C19H18ClN2O2+. The van der Waals surface area contributed by atoms with Crippen molar-refractivity contribution in [2.75, 3.05) is 11.9 Å². The van der Waals surface area contributed by atoms with Crippen LogP contribution >= 0.6 is 11.6 Å². The summed E-state index contributed by atoms with van der Waals surface area (Å²) in [6, 6.07) is 20.8. The van der Waals surface area contributed by atoms with Crippen molar-refractivity contribution in [3.63, 3.8) is 0 Å². The number of carbonyl (C=O) groups excluding carboxylic acids is 1. The number of para-hydroxylation sites is 1. The van der Waals surface area contributed by atoms with Gasteiger partial charge in [-0.1, -0.05) is 54.1 Å². The van der Waals surface area contributed by atoms with Gasteiger partial charge in [-0.15, -0.1) is 0 Å². The van der Waals surface area contributed by atoms with Crippen LogP contribution in [0.15, 0.2) is 77.4 Å². The number of nitrogens with one attached hydrogen (secondary N) is 1. The number of benzene rings is 2. The molecule has 3 aromatic rings. The molecule has 0 unspecified atom stereocenters. The number of anilines is 1. The van der Waals surface area contributed by atoms with Gasteiger partial charge in [-0.2, -0.15) is 0 Å². The normalized spacial score (nSPS) is 11.9. The zero-order valence-corrected chi connectivity index (χ0v) is 13.7. The molecule has 1 amide bonds. The summed E-state index contributed by atoms with van der Waals surface area (Å²) in [5.41, 5.74) is 1.70. The third-order valence-corrected chi connectivity index (χ3v) is 4.02. The van der Waals surface area contributed by atoms with Crippen LogP contribution in [-0.4, -0.2) is 12.5 Å². The quantitative estimate of drug-likeness (QED) is 0.723. The number of amides is 1. The molecule has 1 atom stereocenters. The summed E-state index contributed by atoms with van der Waals surface area (Å²) in [5, 5.41) is 5.30. The number of furan rings is 1. The summed E-state index contributed by atoms with van der Waals surface area (Å²) in [5.74, 6) is 0.697. The van der Waals surface area contributed by atoms with E-state index < -0.39 is 0 Å². The van der Waals surface area contributed by atoms with E-state index in [9.17, 15) is 4.79 Å². The van der Waals surface area contributed by atoms with Crippen molar-refractivity contribution in [2.45, 2.75) is 6.04 Å². The van der Waals surface area contributed by atoms with Crippen molar-refractivity contribution >= 4 is 23.2 Å². The molecule has 0 saturated carbocycles. The number of rotatable bonds is 6. The molecule has 0 aliphatic rings. The Morgan fingerprint density at radius 2 is 1.79 bits per heavy atom. The number of hydrogen-bond donors (Lipinski definition) is 2. The topological polar surface area (TPSA) is 58.9 Å². The molecule has 1 aromatic heterocycles. The minimum atomic E-state index is -0.115. The second-order valence-electron chi connectivity index (χ2n) is 5.37. The van der Waals surface area contributed by atoms with Gasteiger partial charge in [0.25, 0.3) is 5.91 Å². The first kappa shape index (κ1) is 16.3. The fraction of sp³-hybridized carbons (Fsp3) is 0.105. The second-order valence-corrected chi connectivity index (χ2v) is 5.78. The number of quaternary nitrogens is 1. The van der Waals surface area contributed by atoms with Crippen molar-refractivity contribution in [1.82, 2.24) is 0 Å². The van der Waals surface area contributed by atoms with Crippen LogP contribution < -0.4 is 10.6 Å². The van der Waals surface area contributed by atoms with E-state index in [1.54, 1.807) is 18.4 Å². The Kier molecular flexibility index (Phi) is 5.31. The first-order valence-electron chi connectivity index (χ1n) is 7.70. The van der Waals surface area contributed by atoms with Crippen molar-refractivity contribution in [1.29, 1.82) is 0 Å². The Morgan fingerprint density at radius 1 is 1.04 bits per heavy atom. The molecule has 4 nitrogen and oxygen atoms in total. The average molecular weight is 342 g/mol. The van der Waals surface area contributed by atoms with Gasteiger partial charge in [-0.05, 0) is 24.3 Å². The van der Waals surface area contributed by atoms with E-state index in [-0.39, 0.29) is 18.5 Å². The molecule has 0 saturated heterocycles. The SMILES string of the molecule is O=C(C[NH2+][C@H](c1ccccc1)c1ccco1)Nc1ccccc1Cl. The van der Waals surface area contributed by atoms with Gasteiger partial charge in [-0.3, -0.25) is 4.79 Å². The molecule has 24 heavy (non-hydrogen) atoms. The van der Waals surface area contributed by atoms with Crippen molar-refractivity contribution in [3.8, 4) is 0 Å². The van der Waals surface area contributed by atoms with Gasteiger partial charge in [0.05, 0.1) is 17.0 Å². The van der Waals surface area contributed by atoms with Gasteiger partial charge >= 0.3 is 0 Å². The van der Waals surface area contributed by atoms with E-state index in [2.05, 4.69) is 5.32 Å². The number of hydrogen-bond acceptors (Lipinski definition) is 2. The molecule has 0 bridgehead atoms. The Labute approximate surface area is 145 Å². The molecule has 5 heteroatoms. The monoisotopic (exact) mass is 341 g/mol. The van der Waals surface area contributed by atoms with Gasteiger partial charge < -0.3 is 15.1 Å². The summed E-state index contributed by atoms with van der Waals surface area (Å²) in [6.07, 6.45) is 1.64. The molecule has 1 heterocycles. The van der Waals surface area contributed by atoms with E-state index in [1.165, 1.54) is 0 Å². The number of carbonyl (C=O) groups is 1. The minimum Gasteiger partial charge on any atom is -0.463 e. The van der Waals surface area contributed by atoms with Gasteiger partial charge in [0.15, 0.2) is 18.3 Å². The van der Waals surface area contributed by atoms with Crippen molar-refractivity contribution in [3.05, 3.63) is 89.3 Å². The van der Waals surface area contributed by atoms with Crippen LogP contribution in [0, 0.1) is 0 Å². The summed E-state index contributed by atoms with van der Waals surface area (Å²) in [4.78, 5) is 12.2. The molecule has 0 aliphatic carbocycles. The van der Waals surface area contributed by atoms with Crippen LogP contribution in [-0.2, 0) is 4.79 Å². The number of halogens is 1. The molecular weight excluding hydrogens is 324 g/mol. The average Bonchev–Trinajstić information content (AvgIpc) is 3.12.